The van der Waals surface area contributed by atoms with Crippen molar-refractivity contribution in [3.63, 3.8) is 0 Å². The van der Waals surface area contributed by atoms with Crippen molar-refractivity contribution in [2.45, 2.75) is 25.8 Å². The van der Waals surface area contributed by atoms with Crippen LogP contribution in [0.1, 0.15) is 25.1 Å². The van der Waals surface area contributed by atoms with Gasteiger partial charge in [0.05, 0.1) is 11.7 Å². The number of hydrogen-bond acceptors (Lipinski definition) is 5. The molecule has 1 aromatic carbocycles. The van der Waals surface area contributed by atoms with E-state index in [2.05, 4.69) is 25.2 Å². The molecule has 2 aromatic heterocycles. The Morgan fingerprint density at radius 2 is 1.92 bits per heavy atom. The highest BCUT2D eigenvalue weighted by Gasteiger charge is 2.24. The third kappa shape index (κ3) is 3.29. The summed E-state index contributed by atoms with van der Waals surface area (Å²) in [6.07, 6.45) is 2.78. The largest absolute Gasteiger partial charge is 0.356 e. The Labute approximate surface area is 143 Å². The monoisotopic (exact) mass is 344 g/mol. The number of hydrogen-bond donors (Lipinski definition) is 0. The SMILES string of the molecule is FC(F)c1nc(N2CCC(Cn3ccnn3)CC2)c2ccccc2n1. The van der Waals surface area contributed by atoms with Gasteiger partial charge in [0.1, 0.15) is 5.82 Å². The summed E-state index contributed by atoms with van der Waals surface area (Å²) in [5.74, 6) is 0.708. The molecule has 0 aliphatic carbocycles. The number of rotatable bonds is 4. The maximum absolute atomic E-state index is 13.2. The minimum absolute atomic E-state index is 0.404. The second-order valence-corrected chi connectivity index (χ2v) is 6.28. The zero-order valence-electron chi connectivity index (χ0n) is 13.6. The van der Waals surface area contributed by atoms with Gasteiger partial charge < -0.3 is 4.90 Å². The van der Waals surface area contributed by atoms with E-state index in [0.717, 1.165) is 37.9 Å². The van der Waals surface area contributed by atoms with E-state index >= 15 is 0 Å². The van der Waals surface area contributed by atoms with E-state index in [1.54, 1.807) is 18.3 Å². The smallest absolute Gasteiger partial charge is 0.297 e. The average molecular weight is 344 g/mol. The Hall–Kier alpha value is -2.64. The summed E-state index contributed by atoms with van der Waals surface area (Å²) in [5, 5.41) is 8.65. The lowest BCUT2D eigenvalue weighted by Crippen LogP contribution is -2.36. The molecule has 1 saturated heterocycles. The molecular formula is C17H18F2N6. The van der Waals surface area contributed by atoms with Crippen LogP contribution in [-0.4, -0.2) is 38.1 Å². The molecule has 0 N–H and O–H groups in total. The van der Waals surface area contributed by atoms with Crippen LogP contribution in [0.2, 0.25) is 0 Å². The van der Waals surface area contributed by atoms with E-state index in [9.17, 15) is 8.78 Å². The number of alkyl halides is 2. The van der Waals surface area contributed by atoms with Gasteiger partial charge in [0, 0.05) is 31.2 Å². The average Bonchev–Trinajstić information content (AvgIpc) is 3.14. The normalized spacial score (nSPS) is 16.0. The topological polar surface area (TPSA) is 59.7 Å². The van der Waals surface area contributed by atoms with Gasteiger partial charge in [-0.15, -0.1) is 5.10 Å². The summed E-state index contributed by atoms with van der Waals surface area (Å²) < 4.78 is 28.2. The van der Waals surface area contributed by atoms with Crippen LogP contribution in [0.25, 0.3) is 10.9 Å². The molecule has 0 saturated carbocycles. The molecule has 6 nitrogen and oxygen atoms in total. The third-order valence-electron chi connectivity index (χ3n) is 4.63. The van der Waals surface area contributed by atoms with Crippen LogP contribution in [0, 0.1) is 5.92 Å². The maximum atomic E-state index is 13.2. The molecule has 0 bridgehead atoms. The molecule has 3 aromatic rings. The molecule has 8 heteroatoms. The number of fused-ring (bicyclic) bond motifs is 1. The van der Waals surface area contributed by atoms with Crippen LogP contribution in [-0.2, 0) is 6.54 Å². The number of nitrogens with zero attached hydrogens (tertiary/aromatic N) is 6. The lowest BCUT2D eigenvalue weighted by molar-refractivity contribution is 0.141. The lowest BCUT2D eigenvalue weighted by Gasteiger charge is -2.33. The molecule has 0 amide bonds. The number of piperidine rings is 1. The standard InChI is InChI=1S/C17H18F2N6/c18-15(19)16-21-14-4-2-1-3-13(14)17(22-16)24-8-5-12(6-9-24)11-25-10-7-20-23-25/h1-4,7,10,12,15H,5-6,8-9,11H2. The lowest BCUT2D eigenvalue weighted by atomic mass is 9.96. The number of anilines is 1. The molecular weight excluding hydrogens is 326 g/mol. The zero-order valence-corrected chi connectivity index (χ0v) is 13.6. The summed E-state index contributed by atoms with van der Waals surface area (Å²) in [7, 11) is 0. The molecule has 0 spiro atoms. The van der Waals surface area contributed by atoms with Gasteiger partial charge in [-0.05, 0) is 30.9 Å². The van der Waals surface area contributed by atoms with Gasteiger partial charge in [-0.2, -0.15) is 0 Å². The predicted octanol–water partition coefficient (Wildman–Crippen LogP) is 3.08. The van der Waals surface area contributed by atoms with Crippen LogP contribution in [0.15, 0.2) is 36.7 Å². The molecule has 4 rings (SSSR count). The fraction of sp³-hybridized carbons (Fsp3) is 0.412. The Balaban J connectivity index is 1.56. The highest BCUT2D eigenvalue weighted by atomic mass is 19.3. The molecule has 3 heterocycles. The Morgan fingerprint density at radius 3 is 2.64 bits per heavy atom. The first-order valence-corrected chi connectivity index (χ1v) is 8.34. The van der Waals surface area contributed by atoms with Gasteiger partial charge in [0.15, 0.2) is 5.82 Å². The predicted molar refractivity (Wildman–Crippen MR) is 89.5 cm³/mol. The Bertz CT molecular complexity index is 843. The van der Waals surface area contributed by atoms with E-state index < -0.39 is 12.2 Å². The first-order chi connectivity index (χ1) is 12.2. The van der Waals surface area contributed by atoms with Crippen molar-refractivity contribution < 1.29 is 8.78 Å². The quantitative estimate of drug-likeness (QED) is 0.728. The second kappa shape index (κ2) is 6.70. The number of benzene rings is 1. The van der Waals surface area contributed by atoms with E-state index in [1.807, 2.05) is 23.0 Å². The van der Waals surface area contributed by atoms with Crippen molar-refractivity contribution in [2.75, 3.05) is 18.0 Å². The fourth-order valence-electron chi connectivity index (χ4n) is 3.34. The molecule has 25 heavy (non-hydrogen) atoms. The number of aromatic nitrogens is 5. The van der Waals surface area contributed by atoms with Crippen LogP contribution in [0.4, 0.5) is 14.6 Å². The van der Waals surface area contributed by atoms with Crippen molar-refractivity contribution in [1.82, 2.24) is 25.0 Å². The summed E-state index contributed by atoms with van der Waals surface area (Å²) in [6.45, 7) is 2.40. The molecule has 0 atom stereocenters. The first-order valence-electron chi connectivity index (χ1n) is 8.34. The molecule has 0 unspecified atom stereocenters. The minimum atomic E-state index is -2.67. The molecule has 1 aliphatic rings. The Morgan fingerprint density at radius 1 is 1.12 bits per heavy atom. The number of halogens is 2. The van der Waals surface area contributed by atoms with E-state index in [0.29, 0.717) is 17.3 Å². The van der Waals surface area contributed by atoms with Gasteiger partial charge in [-0.25, -0.2) is 18.7 Å². The van der Waals surface area contributed by atoms with Gasteiger partial charge in [0.2, 0.25) is 0 Å². The van der Waals surface area contributed by atoms with E-state index in [4.69, 9.17) is 0 Å². The van der Waals surface area contributed by atoms with E-state index in [-0.39, 0.29) is 0 Å². The van der Waals surface area contributed by atoms with E-state index in [1.165, 1.54) is 0 Å². The molecule has 130 valence electrons. The van der Waals surface area contributed by atoms with Gasteiger partial charge in [0.25, 0.3) is 6.43 Å². The van der Waals surface area contributed by atoms with Crippen LogP contribution < -0.4 is 4.90 Å². The Kier molecular flexibility index (Phi) is 4.25. The van der Waals surface area contributed by atoms with Crippen LogP contribution in [0.5, 0.6) is 0 Å². The summed E-state index contributed by atoms with van der Waals surface area (Å²) in [4.78, 5) is 10.2. The van der Waals surface area contributed by atoms with Crippen molar-refractivity contribution in [3.8, 4) is 0 Å². The van der Waals surface area contributed by atoms with Gasteiger partial charge in [-0.3, -0.25) is 4.68 Å². The number of para-hydroxylation sites is 1. The third-order valence-corrected chi connectivity index (χ3v) is 4.63. The maximum Gasteiger partial charge on any atom is 0.297 e. The van der Waals surface area contributed by atoms with Crippen molar-refractivity contribution in [1.29, 1.82) is 0 Å². The summed E-state index contributed by atoms with van der Waals surface area (Å²) >= 11 is 0. The highest BCUT2D eigenvalue weighted by molar-refractivity contribution is 5.89. The zero-order chi connectivity index (χ0) is 17.2. The van der Waals surface area contributed by atoms with Crippen LogP contribution >= 0.6 is 0 Å². The van der Waals surface area contributed by atoms with Crippen LogP contribution in [0.3, 0.4) is 0 Å². The summed E-state index contributed by atoms with van der Waals surface area (Å²) in [6, 6.07) is 7.33. The first kappa shape index (κ1) is 15.9. The highest BCUT2D eigenvalue weighted by Crippen LogP contribution is 2.30. The molecule has 0 radical (unpaired) electrons. The summed E-state index contributed by atoms with van der Waals surface area (Å²) in [5.41, 5.74) is 0.563. The fourth-order valence-corrected chi connectivity index (χ4v) is 3.34. The van der Waals surface area contributed by atoms with Crippen molar-refractivity contribution >= 4 is 16.7 Å². The molecule has 1 fully saturated rings. The van der Waals surface area contributed by atoms with Gasteiger partial charge >= 0.3 is 0 Å². The van der Waals surface area contributed by atoms with Crippen molar-refractivity contribution in [2.24, 2.45) is 5.92 Å². The second-order valence-electron chi connectivity index (χ2n) is 6.28. The van der Waals surface area contributed by atoms with Crippen molar-refractivity contribution in [3.05, 3.63) is 42.5 Å². The molecule has 1 aliphatic heterocycles. The minimum Gasteiger partial charge on any atom is -0.356 e. The van der Waals surface area contributed by atoms with Gasteiger partial charge in [-0.1, -0.05) is 17.3 Å².